The normalized spacial score (nSPS) is 18.1. The molecule has 0 radical (unpaired) electrons. The van der Waals surface area contributed by atoms with Crippen molar-refractivity contribution in [2.45, 2.75) is 56.9 Å². The lowest BCUT2D eigenvalue weighted by Crippen LogP contribution is -2.34. The van der Waals surface area contributed by atoms with Crippen LogP contribution in [0.2, 0.25) is 0 Å². The summed E-state index contributed by atoms with van der Waals surface area (Å²) in [7, 11) is 4.03. The lowest BCUT2D eigenvalue weighted by atomic mass is 9.99. The number of nitrogens with one attached hydrogen (secondary N) is 1. The highest BCUT2D eigenvalue weighted by Crippen LogP contribution is 2.39. The first-order valence-corrected chi connectivity index (χ1v) is 10.5. The number of benzene rings is 1. The van der Waals surface area contributed by atoms with Gasteiger partial charge in [-0.05, 0) is 31.2 Å². The Morgan fingerprint density at radius 2 is 1.82 bits per heavy atom. The van der Waals surface area contributed by atoms with Crippen molar-refractivity contribution in [3.05, 3.63) is 53.5 Å². The maximum atomic E-state index is 12.8. The summed E-state index contributed by atoms with van der Waals surface area (Å²) in [6.45, 7) is 0. The molecule has 1 atom stereocenters. The number of carbonyl (C=O) groups excluding carboxylic acids is 1. The van der Waals surface area contributed by atoms with Crippen molar-refractivity contribution in [2.75, 3.05) is 19.0 Å². The predicted molar refractivity (Wildman–Crippen MR) is 111 cm³/mol. The van der Waals surface area contributed by atoms with Crippen LogP contribution in [-0.2, 0) is 11.2 Å². The first-order valence-electron chi connectivity index (χ1n) is 10.5. The Balaban J connectivity index is 1.59. The van der Waals surface area contributed by atoms with E-state index in [2.05, 4.69) is 23.5 Å². The van der Waals surface area contributed by atoms with Crippen LogP contribution in [0, 0.1) is 5.92 Å². The maximum absolute atomic E-state index is 12.8. The van der Waals surface area contributed by atoms with Gasteiger partial charge in [-0.2, -0.15) is 0 Å². The van der Waals surface area contributed by atoms with Crippen LogP contribution in [0.25, 0.3) is 0 Å². The molecule has 2 fully saturated rings. The summed E-state index contributed by atoms with van der Waals surface area (Å²) in [6.07, 6.45) is 7.39. The Bertz CT molecular complexity index is 790. The van der Waals surface area contributed by atoms with Gasteiger partial charge in [0.05, 0.1) is 6.04 Å². The van der Waals surface area contributed by atoms with Crippen LogP contribution in [-0.4, -0.2) is 30.0 Å². The minimum absolute atomic E-state index is 0.0636. The molecule has 2 aliphatic carbocycles. The average Bonchev–Trinajstić information content (AvgIpc) is 3.41. The molecule has 4 rings (SSSR count). The van der Waals surface area contributed by atoms with Gasteiger partial charge in [-0.25, -0.2) is 9.97 Å². The monoisotopic (exact) mass is 378 g/mol. The van der Waals surface area contributed by atoms with E-state index < -0.39 is 0 Å². The van der Waals surface area contributed by atoms with Crippen molar-refractivity contribution in [1.82, 2.24) is 15.3 Å². The fourth-order valence-electron chi connectivity index (χ4n) is 3.99. The van der Waals surface area contributed by atoms with Gasteiger partial charge in [0.15, 0.2) is 0 Å². The van der Waals surface area contributed by atoms with Crippen LogP contribution in [0.4, 0.5) is 5.82 Å². The lowest BCUT2D eigenvalue weighted by molar-refractivity contribution is -0.125. The second-order valence-electron chi connectivity index (χ2n) is 8.40. The molecule has 2 saturated carbocycles. The Morgan fingerprint density at radius 1 is 1.11 bits per heavy atom. The van der Waals surface area contributed by atoms with Gasteiger partial charge >= 0.3 is 0 Å². The van der Waals surface area contributed by atoms with Crippen molar-refractivity contribution in [2.24, 2.45) is 5.92 Å². The zero-order valence-corrected chi connectivity index (χ0v) is 16.9. The molecular weight excluding hydrogens is 348 g/mol. The molecule has 148 valence electrons. The molecule has 5 nitrogen and oxygen atoms in total. The number of rotatable bonds is 7. The molecule has 5 heteroatoms. The summed E-state index contributed by atoms with van der Waals surface area (Å²) in [5.41, 5.74) is 2.13. The van der Waals surface area contributed by atoms with Crippen LogP contribution in [0.1, 0.15) is 67.6 Å². The van der Waals surface area contributed by atoms with Gasteiger partial charge in [0.1, 0.15) is 11.6 Å². The van der Waals surface area contributed by atoms with Crippen molar-refractivity contribution in [1.29, 1.82) is 0 Å². The zero-order chi connectivity index (χ0) is 19.5. The first-order chi connectivity index (χ1) is 13.6. The fourth-order valence-corrected chi connectivity index (χ4v) is 3.99. The Hall–Kier alpha value is -2.43. The Labute approximate surface area is 167 Å². The van der Waals surface area contributed by atoms with Gasteiger partial charge in [-0.1, -0.05) is 43.2 Å². The fraction of sp³-hybridized carbons (Fsp3) is 0.522. The van der Waals surface area contributed by atoms with Gasteiger partial charge in [0.2, 0.25) is 5.91 Å². The van der Waals surface area contributed by atoms with Crippen molar-refractivity contribution in [3.63, 3.8) is 0 Å². The summed E-state index contributed by atoms with van der Waals surface area (Å²) in [5, 5.41) is 3.32. The molecule has 2 aromatic rings. The van der Waals surface area contributed by atoms with E-state index in [1.807, 2.05) is 37.2 Å². The van der Waals surface area contributed by atoms with Gasteiger partial charge in [0, 0.05) is 44.1 Å². The van der Waals surface area contributed by atoms with Crippen LogP contribution < -0.4 is 10.2 Å². The first kappa shape index (κ1) is 18.9. The average molecular weight is 379 g/mol. The molecule has 1 unspecified atom stereocenters. The second kappa shape index (κ2) is 8.29. The van der Waals surface area contributed by atoms with E-state index in [-0.39, 0.29) is 17.9 Å². The summed E-state index contributed by atoms with van der Waals surface area (Å²) < 4.78 is 0. The molecule has 28 heavy (non-hydrogen) atoms. The number of nitrogens with zero attached hydrogens (tertiary/aromatic N) is 3. The molecule has 1 aromatic heterocycles. The lowest BCUT2D eigenvalue weighted by Gasteiger charge is -2.22. The highest BCUT2D eigenvalue weighted by atomic mass is 16.1. The van der Waals surface area contributed by atoms with Crippen LogP contribution in [0.3, 0.4) is 0 Å². The smallest absolute Gasteiger partial charge is 0.223 e. The van der Waals surface area contributed by atoms with Gasteiger partial charge < -0.3 is 10.2 Å². The van der Waals surface area contributed by atoms with E-state index in [0.717, 1.165) is 48.6 Å². The molecule has 0 spiro atoms. The minimum atomic E-state index is -0.0636. The van der Waals surface area contributed by atoms with E-state index >= 15 is 0 Å². The van der Waals surface area contributed by atoms with Gasteiger partial charge in [-0.15, -0.1) is 0 Å². The third kappa shape index (κ3) is 4.51. The number of carbonyl (C=O) groups is 1. The maximum Gasteiger partial charge on any atom is 0.223 e. The highest BCUT2D eigenvalue weighted by molar-refractivity contribution is 5.79. The molecule has 2 aliphatic rings. The van der Waals surface area contributed by atoms with E-state index in [1.54, 1.807) is 0 Å². The molecule has 0 aliphatic heterocycles. The summed E-state index contributed by atoms with van der Waals surface area (Å²) in [6, 6.07) is 12.3. The van der Waals surface area contributed by atoms with Crippen LogP contribution >= 0.6 is 0 Å². The highest BCUT2D eigenvalue weighted by Gasteiger charge is 2.29. The second-order valence-corrected chi connectivity index (χ2v) is 8.40. The van der Waals surface area contributed by atoms with Crippen molar-refractivity contribution < 1.29 is 4.79 Å². The summed E-state index contributed by atoms with van der Waals surface area (Å²) >= 11 is 0. The van der Waals surface area contributed by atoms with Crippen molar-refractivity contribution >= 4 is 11.7 Å². The third-order valence-corrected chi connectivity index (χ3v) is 5.84. The Morgan fingerprint density at radius 3 is 2.46 bits per heavy atom. The summed E-state index contributed by atoms with van der Waals surface area (Å²) in [5.74, 6) is 2.75. The topological polar surface area (TPSA) is 58.1 Å². The van der Waals surface area contributed by atoms with E-state index in [1.165, 1.54) is 12.8 Å². The number of amides is 1. The van der Waals surface area contributed by atoms with Crippen molar-refractivity contribution in [3.8, 4) is 0 Å². The number of hydrogen-bond donors (Lipinski definition) is 1. The van der Waals surface area contributed by atoms with Crippen LogP contribution in [0.15, 0.2) is 36.4 Å². The standard InChI is InChI=1S/C23H30N4O/c1-27(2)21-15-19(24-22(26-21)17-12-13-17)14-20(16-8-4-3-5-9-16)25-23(28)18-10-6-7-11-18/h3-5,8-9,15,17-18,20H,6-7,10-14H2,1-2H3,(H,25,28). The molecule has 0 bridgehead atoms. The number of aromatic nitrogens is 2. The molecule has 1 amide bonds. The van der Waals surface area contributed by atoms with E-state index in [0.29, 0.717) is 12.3 Å². The van der Waals surface area contributed by atoms with Crippen LogP contribution in [0.5, 0.6) is 0 Å². The molecule has 0 saturated heterocycles. The largest absolute Gasteiger partial charge is 0.363 e. The van der Waals surface area contributed by atoms with Gasteiger partial charge in [0.25, 0.3) is 0 Å². The SMILES string of the molecule is CN(C)c1cc(CC(NC(=O)C2CCCC2)c2ccccc2)nc(C2CC2)n1. The predicted octanol–water partition coefficient (Wildman–Crippen LogP) is 4.01. The third-order valence-electron chi connectivity index (χ3n) is 5.84. The quantitative estimate of drug-likeness (QED) is 0.791. The zero-order valence-electron chi connectivity index (χ0n) is 16.9. The molecule has 1 N–H and O–H groups in total. The Kier molecular flexibility index (Phi) is 5.60. The molecule has 1 heterocycles. The minimum Gasteiger partial charge on any atom is -0.363 e. The number of hydrogen-bond acceptors (Lipinski definition) is 4. The van der Waals surface area contributed by atoms with E-state index in [9.17, 15) is 4.79 Å². The molecule has 1 aromatic carbocycles. The molecular formula is C23H30N4O. The summed E-state index contributed by atoms with van der Waals surface area (Å²) in [4.78, 5) is 24.4. The van der Waals surface area contributed by atoms with Gasteiger partial charge in [-0.3, -0.25) is 4.79 Å². The van der Waals surface area contributed by atoms with E-state index in [4.69, 9.17) is 9.97 Å². The number of anilines is 1.